The van der Waals surface area contributed by atoms with Crippen molar-refractivity contribution in [1.29, 1.82) is 0 Å². The van der Waals surface area contributed by atoms with Gasteiger partial charge < -0.3 is 14.6 Å². The predicted octanol–water partition coefficient (Wildman–Crippen LogP) is 3.18. The summed E-state index contributed by atoms with van der Waals surface area (Å²) >= 11 is 0. The first-order chi connectivity index (χ1) is 9.61. The molecule has 20 heavy (non-hydrogen) atoms. The normalized spacial score (nSPS) is 10.1. The summed E-state index contributed by atoms with van der Waals surface area (Å²) in [4.78, 5) is 11.4. The Morgan fingerprint density at radius 3 is 2.60 bits per heavy atom. The Kier molecular flexibility index (Phi) is 4.25. The van der Waals surface area contributed by atoms with Gasteiger partial charge in [0.15, 0.2) is 5.78 Å². The van der Waals surface area contributed by atoms with Gasteiger partial charge in [-0.25, -0.2) is 0 Å². The number of hydrogen-bond donors (Lipinski definition) is 1. The SMILES string of the molecule is COc1cc(OCc2ccccc2O)ccc1C(C)=O. The summed E-state index contributed by atoms with van der Waals surface area (Å²) in [7, 11) is 1.51. The first kappa shape index (κ1) is 13.9. The van der Waals surface area contributed by atoms with Gasteiger partial charge in [-0.15, -0.1) is 0 Å². The van der Waals surface area contributed by atoms with Crippen LogP contribution < -0.4 is 9.47 Å². The van der Waals surface area contributed by atoms with Gasteiger partial charge in [-0.05, 0) is 25.1 Å². The monoisotopic (exact) mass is 272 g/mol. The highest BCUT2D eigenvalue weighted by atomic mass is 16.5. The third-order valence-electron chi connectivity index (χ3n) is 2.94. The van der Waals surface area contributed by atoms with E-state index in [1.54, 1.807) is 36.4 Å². The maximum absolute atomic E-state index is 11.4. The molecule has 0 aliphatic carbocycles. The Morgan fingerprint density at radius 1 is 1.20 bits per heavy atom. The van der Waals surface area contributed by atoms with E-state index in [1.807, 2.05) is 6.07 Å². The molecule has 4 heteroatoms. The fourth-order valence-electron chi connectivity index (χ4n) is 1.85. The summed E-state index contributed by atoms with van der Waals surface area (Å²) < 4.78 is 10.8. The Hall–Kier alpha value is -2.49. The molecule has 2 aromatic carbocycles. The molecule has 0 spiro atoms. The van der Waals surface area contributed by atoms with E-state index in [-0.39, 0.29) is 18.1 Å². The van der Waals surface area contributed by atoms with Crippen LogP contribution in [0.15, 0.2) is 42.5 Å². The lowest BCUT2D eigenvalue weighted by Gasteiger charge is -2.11. The van der Waals surface area contributed by atoms with E-state index in [2.05, 4.69) is 0 Å². The van der Waals surface area contributed by atoms with Crippen molar-refractivity contribution >= 4 is 5.78 Å². The Morgan fingerprint density at radius 2 is 1.95 bits per heavy atom. The first-order valence-electron chi connectivity index (χ1n) is 6.20. The molecule has 0 amide bonds. The van der Waals surface area contributed by atoms with Crippen molar-refractivity contribution in [3.8, 4) is 17.2 Å². The van der Waals surface area contributed by atoms with E-state index in [0.717, 1.165) is 0 Å². The van der Waals surface area contributed by atoms with Crippen molar-refractivity contribution < 1.29 is 19.4 Å². The summed E-state index contributed by atoms with van der Waals surface area (Å²) in [5.74, 6) is 1.19. The van der Waals surface area contributed by atoms with Crippen molar-refractivity contribution in [3.05, 3.63) is 53.6 Å². The zero-order valence-electron chi connectivity index (χ0n) is 11.4. The molecule has 0 saturated carbocycles. The van der Waals surface area contributed by atoms with Crippen molar-refractivity contribution in [2.75, 3.05) is 7.11 Å². The van der Waals surface area contributed by atoms with Gasteiger partial charge in [0.05, 0.1) is 12.7 Å². The minimum Gasteiger partial charge on any atom is -0.508 e. The van der Waals surface area contributed by atoms with Gasteiger partial charge in [0.25, 0.3) is 0 Å². The van der Waals surface area contributed by atoms with Gasteiger partial charge in [-0.2, -0.15) is 0 Å². The number of ketones is 1. The third-order valence-corrected chi connectivity index (χ3v) is 2.94. The van der Waals surface area contributed by atoms with E-state index in [9.17, 15) is 9.90 Å². The number of phenolic OH excluding ortho intramolecular Hbond substituents is 1. The molecule has 0 bridgehead atoms. The summed E-state index contributed by atoms with van der Waals surface area (Å²) in [6, 6.07) is 12.0. The van der Waals surface area contributed by atoms with Gasteiger partial charge in [0, 0.05) is 11.6 Å². The van der Waals surface area contributed by atoms with Gasteiger partial charge >= 0.3 is 0 Å². The van der Waals surface area contributed by atoms with E-state index in [4.69, 9.17) is 9.47 Å². The third kappa shape index (κ3) is 3.09. The van der Waals surface area contributed by atoms with Crippen LogP contribution in [-0.4, -0.2) is 18.0 Å². The van der Waals surface area contributed by atoms with Crippen LogP contribution in [0.3, 0.4) is 0 Å². The van der Waals surface area contributed by atoms with Crippen molar-refractivity contribution in [3.63, 3.8) is 0 Å². The average molecular weight is 272 g/mol. The lowest BCUT2D eigenvalue weighted by atomic mass is 10.1. The van der Waals surface area contributed by atoms with Crippen LogP contribution in [0.1, 0.15) is 22.8 Å². The van der Waals surface area contributed by atoms with E-state index in [0.29, 0.717) is 22.6 Å². The molecule has 0 saturated heterocycles. The zero-order chi connectivity index (χ0) is 14.5. The molecule has 0 atom stereocenters. The number of carbonyl (C=O) groups excluding carboxylic acids is 1. The molecule has 0 aromatic heterocycles. The van der Waals surface area contributed by atoms with Crippen molar-refractivity contribution in [2.45, 2.75) is 13.5 Å². The largest absolute Gasteiger partial charge is 0.508 e. The number of aromatic hydroxyl groups is 1. The van der Waals surface area contributed by atoms with Crippen LogP contribution in [0.4, 0.5) is 0 Å². The second kappa shape index (κ2) is 6.10. The highest BCUT2D eigenvalue weighted by molar-refractivity contribution is 5.97. The second-order valence-electron chi connectivity index (χ2n) is 4.34. The van der Waals surface area contributed by atoms with E-state index < -0.39 is 0 Å². The highest BCUT2D eigenvalue weighted by Crippen LogP contribution is 2.26. The van der Waals surface area contributed by atoms with Gasteiger partial charge in [0.2, 0.25) is 0 Å². The lowest BCUT2D eigenvalue weighted by molar-refractivity contribution is 0.101. The topological polar surface area (TPSA) is 55.8 Å². The minimum absolute atomic E-state index is 0.0610. The molecule has 1 N–H and O–H groups in total. The molecule has 2 aromatic rings. The number of benzene rings is 2. The summed E-state index contributed by atoms with van der Waals surface area (Å²) in [6.45, 7) is 1.73. The molecule has 0 aliphatic heterocycles. The Labute approximate surface area is 117 Å². The standard InChI is InChI=1S/C16H16O4/c1-11(17)14-8-7-13(9-16(14)19-2)20-10-12-5-3-4-6-15(12)18/h3-9,18H,10H2,1-2H3. The minimum atomic E-state index is -0.0610. The van der Waals surface area contributed by atoms with Crippen molar-refractivity contribution in [1.82, 2.24) is 0 Å². The van der Waals surface area contributed by atoms with Gasteiger partial charge in [-0.1, -0.05) is 18.2 Å². The smallest absolute Gasteiger partial charge is 0.163 e. The fraction of sp³-hybridized carbons (Fsp3) is 0.188. The molecular formula is C16H16O4. The molecule has 0 heterocycles. The number of hydrogen-bond acceptors (Lipinski definition) is 4. The number of Topliss-reactive ketones (excluding diaryl/α,β-unsaturated/α-hetero) is 1. The van der Waals surface area contributed by atoms with Crippen LogP contribution in [0.5, 0.6) is 17.2 Å². The lowest BCUT2D eigenvalue weighted by Crippen LogP contribution is -2.00. The molecular weight excluding hydrogens is 256 g/mol. The number of ether oxygens (including phenoxy) is 2. The Balaban J connectivity index is 2.15. The molecule has 2 rings (SSSR count). The number of rotatable bonds is 5. The zero-order valence-corrected chi connectivity index (χ0v) is 11.4. The molecule has 104 valence electrons. The molecule has 0 aliphatic rings. The van der Waals surface area contributed by atoms with Crippen LogP contribution >= 0.6 is 0 Å². The van der Waals surface area contributed by atoms with Crippen molar-refractivity contribution in [2.24, 2.45) is 0 Å². The molecule has 0 radical (unpaired) electrons. The highest BCUT2D eigenvalue weighted by Gasteiger charge is 2.09. The van der Waals surface area contributed by atoms with Crippen LogP contribution in [0.25, 0.3) is 0 Å². The van der Waals surface area contributed by atoms with E-state index in [1.165, 1.54) is 14.0 Å². The summed E-state index contributed by atoms with van der Waals surface area (Å²) in [6.07, 6.45) is 0. The first-order valence-corrected chi connectivity index (χ1v) is 6.20. The van der Waals surface area contributed by atoms with Crippen LogP contribution in [0, 0.1) is 0 Å². The molecule has 0 fully saturated rings. The second-order valence-corrected chi connectivity index (χ2v) is 4.34. The molecule has 0 unspecified atom stereocenters. The van der Waals surface area contributed by atoms with Crippen LogP contribution in [-0.2, 0) is 6.61 Å². The maximum atomic E-state index is 11.4. The Bertz CT molecular complexity index is 620. The van der Waals surface area contributed by atoms with Gasteiger partial charge in [0.1, 0.15) is 23.9 Å². The predicted molar refractivity (Wildman–Crippen MR) is 75.4 cm³/mol. The van der Waals surface area contributed by atoms with E-state index >= 15 is 0 Å². The average Bonchev–Trinajstić information content (AvgIpc) is 2.46. The number of para-hydroxylation sites is 1. The number of carbonyl (C=O) groups is 1. The summed E-state index contributed by atoms with van der Waals surface area (Å²) in [5.41, 5.74) is 1.21. The fourth-order valence-corrected chi connectivity index (χ4v) is 1.85. The number of methoxy groups -OCH3 is 1. The maximum Gasteiger partial charge on any atom is 0.163 e. The quantitative estimate of drug-likeness (QED) is 0.849. The number of phenols is 1. The summed E-state index contributed by atoms with van der Waals surface area (Å²) in [5, 5.41) is 9.66. The van der Waals surface area contributed by atoms with Gasteiger partial charge in [-0.3, -0.25) is 4.79 Å². The molecule has 4 nitrogen and oxygen atoms in total. The van der Waals surface area contributed by atoms with Crippen LogP contribution in [0.2, 0.25) is 0 Å².